The van der Waals surface area contributed by atoms with Crippen molar-refractivity contribution >= 4 is 59.3 Å². The van der Waals surface area contributed by atoms with Gasteiger partial charge >= 0.3 is 0 Å². The number of amides is 1. The summed E-state index contributed by atoms with van der Waals surface area (Å²) in [5, 5.41) is 2.99. The smallest absolute Gasteiger partial charge is 0.268 e. The first-order valence-electron chi connectivity index (χ1n) is 7.28. The number of aromatic nitrogens is 1. The molecule has 0 saturated carbocycles. The van der Waals surface area contributed by atoms with Gasteiger partial charge in [0, 0.05) is 17.1 Å². The molecule has 1 aromatic carbocycles. The zero-order valence-corrected chi connectivity index (χ0v) is 16.8. The van der Waals surface area contributed by atoms with Gasteiger partial charge < -0.3 is 9.88 Å². The predicted octanol–water partition coefficient (Wildman–Crippen LogP) is 5.41. The van der Waals surface area contributed by atoms with E-state index < -0.39 is 0 Å². The maximum atomic E-state index is 12.5. The maximum absolute atomic E-state index is 12.5. The fourth-order valence-corrected chi connectivity index (χ4v) is 4.31. The molecule has 0 radical (unpaired) electrons. The summed E-state index contributed by atoms with van der Waals surface area (Å²) in [5.41, 5.74) is 2.95. The second kappa shape index (κ2) is 6.79. The minimum atomic E-state index is -0.0309. The van der Waals surface area contributed by atoms with Gasteiger partial charge in [-0.05, 0) is 59.6 Å². The Hall–Kier alpha value is -1.11. The van der Waals surface area contributed by atoms with Crippen molar-refractivity contribution in [1.29, 1.82) is 0 Å². The van der Waals surface area contributed by atoms with E-state index in [1.54, 1.807) is 11.3 Å². The van der Waals surface area contributed by atoms with Crippen LogP contribution in [0.5, 0.6) is 0 Å². The quantitative estimate of drug-likeness (QED) is 0.560. The highest BCUT2D eigenvalue weighted by Crippen LogP contribution is 2.33. The molecule has 0 bridgehead atoms. The average molecular weight is 456 g/mol. The SMILES string of the molecule is CC(C)NC(=O)c1cc2sc(Br)cc2n1Cc1ccc(Br)cc1. The molecule has 3 nitrogen and oxygen atoms in total. The first-order chi connectivity index (χ1) is 10.9. The van der Waals surface area contributed by atoms with E-state index in [1.807, 2.05) is 32.0 Å². The van der Waals surface area contributed by atoms with Crippen LogP contribution < -0.4 is 5.32 Å². The van der Waals surface area contributed by atoms with Crippen molar-refractivity contribution in [2.24, 2.45) is 0 Å². The monoisotopic (exact) mass is 454 g/mol. The summed E-state index contributed by atoms with van der Waals surface area (Å²) in [6, 6.07) is 12.3. The van der Waals surface area contributed by atoms with Crippen LogP contribution in [-0.4, -0.2) is 16.5 Å². The maximum Gasteiger partial charge on any atom is 0.268 e. The molecule has 2 heterocycles. The van der Waals surface area contributed by atoms with Gasteiger partial charge in [-0.2, -0.15) is 0 Å². The number of rotatable bonds is 4. The second-order valence-corrected chi connectivity index (χ2v) is 9.05. The van der Waals surface area contributed by atoms with Crippen molar-refractivity contribution in [3.63, 3.8) is 0 Å². The molecule has 1 amide bonds. The first kappa shape index (κ1) is 16.7. The number of carbonyl (C=O) groups excluding carboxylic acids is 1. The molecule has 23 heavy (non-hydrogen) atoms. The summed E-state index contributed by atoms with van der Waals surface area (Å²) in [4.78, 5) is 12.5. The van der Waals surface area contributed by atoms with Gasteiger partial charge in [0.25, 0.3) is 5.91 Å². The predicted molar refractivity (Wildman–Crippen MR) is 103 cm³/mol. The minimum Gasteiger partial charge on any atom is -0.349 e. The van der Waals surface area contributed by atoms with Crippen LogP contribution >= 0.6 is 43.2 Å². The summed E-state index contributed by atoms with van der Waals surface area (Å²) in [7, 11) is 0. The van der Waals surface area contributed by atoms with E-state index in [4.69, 9.17) is 0 Å². The van der Waals surface area contributed by atoms with Crippen LogP contribution in [0.4, 0.5) is 0 Å². The Morgan fingerprint density at radius 1 is 1.22 bits per heavy atom. The molecule has 0 unspecified atom stereocenters. The highest BCUT2D eigenvalue weighted by Gasteiger charge is 2.18. The van der Waals surface area contributed by atoms with Gasteiger partial charge in [0.2, 0.25) is 0 Å². The van der Waals surface area contributed by atoms with Gasteiger partial charge in [0.15, 0.2) is 0 Å². The molecule has 0 saturated heterocycles. The third kappa shape index (κ3) is 3.70. The van der Waals surface area contributed by atoms with Crippen LogP contribution in [0, 0.1) is 0 Å². The molecule has 120 valence electrons. The summed E-state index contributed by atoms with van der Waals surface area (Å²) < 4.78 is 5.32. The van der Waals surface area contributed by atoms with Crippen LogP contribution in [0.15, 0.2) is 44.7 Å². The molecule has 0 fully saturated rings. The third-order valence-corrected chi connectivity index (χ3v) is 5.57. The van der Waals surface area contributed by atoms with Crippen molar-refractivity contribution in [3.05, 3.63) is 55.9 Å². The fraction of sp³-hybridized carbons (Fsp3) is 0.235. The molecule has 6 heteroatoms. The second-order valence-electron chi connectivity index (χ2n) is 5.67. The first-order valence-corrected chi connectivity index (χ1v) is 9.68. The van der Waals surface area contributed by atoms with Crippen LogP contribution in [0.25, 0.3) is 10.2 Å². The standard InChI is InChI=1S/C17H16Br2N2OS/c1-10(2)20-17(22)14-7-15-13(8-16(19)23-15)21(14)9-11-3-5-12(18)6-4-11/h3-8,10H,9H2,1-2H3,(H,20,22). The molecule has 3 aromatic rings. The van der Waals surface area contributed by atoms with Crippen molar-refractivity contribution < 1.29 is 4.79 Å². The van der Waals surface area contributed by atoms with E-state index in [9.17, 15) is 4.79 Å². The average Bonchev–Trinajstić information content (AvgIpc) is 2.98. The molecule has 0 spiro atoms. The Bertz CT molecular complexity index is 849. The fourth-order valence-electron chi connectivity index (χ4n) is 2.48. The van der Waals surface area contributed by atoms with Gasteiger partial charge in [-0.3, -0.25) is 4.79 Å². The van der Waals surface area contributed by atoms with E-state index in [0.717, 1.165) is 24.0 Å². The van der Waals surface area contributed by atoms with E-state index >= 15 is 0 Å². The Morgan fingerprint density at radius 3 is 2.57 bits per heavy atom. The molecule has 0 atom stereocenters. The lowest BCUT2D eigenvalue weighted by Crippen LogP contribution is -2.31. The normalized spacial score (nSPS) is 11.3. The number of hydrogen-bond donors (Lipinski definition) is 1. The number of thiophene rings is 1. The summed E-state index contributed by atoms with van der Waals surface area (Å²) in [5.74, 6) is -0.0309. The van der Waals surface area contributed by atoms with Crippen molar-refractivity contribution in [2.45, 2.75) is 26.4 Å². The van der Waals surface area contributed by atoms with E-state index in [-0.39, 0.29) is 11.9 Å². The number of nitrogens with zero attached hydrogens (tertiary/aromatic N) is 1. The zero-order chi connectivity index (χ0) is 16.6. The molecule has 1 N–H and O–H groups in total. The number of hydrogen-bond acceptors (Lipinski definition) is 2. The topological polar surface area (TPSA) is 34.0 Å². The zero-order valence-electron chi connectivity index (χ0n) is 12.8. The molecular formula is C17H16Br2N2OS. The van der Waals surface area contributed by atoms with Crippen molar-refractivity contribution in [3.8, 4) is 0 Å². The summed E-state index contributed by atoms with van der Waals surface area (Å²) in [6.07, 6.45) is 0. The van der Waals surface area contributed by atoms with Gasteiger partial charge in [-0.1, -0.05) is 28.1 Å². The third-order valence-electron chi connectivity index (χ3n) is 3.47. The number of benzene rings is 1. The highest BCUT2D eigenvalue weighted by atomic mass is 79.9. The Labute approximate surface area is 156 Å². The lowest BCUT2D eigenvalue weighted by atomic mass is 10.2. The van der Waals surface area contributed by atoms with Crippen LogP contribution in [0.2, 0.25) is 0 Å². The lowest BCUT2D eigenvalue weighted by Gasteiger charge is -2.13. The van der Waals surface area contributed by atoms with Crippen molar-refractivity contribution in [1.82, 2.24) is 9.88 Å². The molecular weight excluding hydrogens is 440 g/mol. The largest absolute Gasteiger partial charge is 0.349 e. The molecule has 2 aromatic heterocycles. The lowest BCUT2D eigenvalue weighted by molar-refractivity contribution is 0.0934. The van der Waals surface area contributed by atoms with E-state index in [1.165, 1.54) is 0 Å². The summed E-state index contributed by atoms with van der Waals surface area (Å²) >= 11 is 8.63. The molecule has 0 aliphatic carbocycles. The molecule has 3 rings (SSSR count). The Kier molecular flexibility index (Phi) is 4.94. The summed E-state index contributed by atoms with van der Waals surface area (Å²) in [6.45, 7) is 4.61. The van der Waals surface area contributed by atoms with Gasteiger partial charge in [0.1, 0.15) is 5.69 Å². The van der Waals surface area contributed by atoms with Crippen LogP contribution in [0.3, 0.4) is 0 Å². The van der Waals surface area contributed by atoms with Gasteiger partial charge in [-0.15, -0.1) is 11.3 Å². The number of fused-ring (bicyclic) bond motifs is 1. The molecule has 0 aliphatic rings. The van der Waals surface area contributed by atoms with Crippen LogP contribution in [0.1, 0.15) is 29.9 Å². The minimum absolute atomic E-state index is 0.0309. The van der Waals surface area contributed by atoms with E-state index in [2.05, 4.69) is 59.9 Å². The Morgan fingerprint density at radius 2 is 1.91 bits per heavy atom. The van der Waals surface area contributed by atoms with Gasteiger partial charge in [0.05, 0.1) is 14.0 Å². The number of nitrogens with one attached hydrogen (secondary N) is 1. The van der Waals surface area contributed by atoms with Crippen LogP contribution in [-0.2, 0) is 6.54 Å². The van der Waals surface area contributed by atoms with Gasteiger partial charge in [-0.25, -0.2) is 0 Å². The molecule has 0 aliphatic heterocycles. The number of carbonyl (C=O) groups is 1. The number of halogens is 2. The highest BCUT2D eigenvalue weighted by molar-refractivity contribution is 9.11. The van der Waals surface area contributed by atoms with E-state index in [0.29, 0.717) is 12.2 Å². The Balaban J connectivity index is 2.04. The van der Waals surface area contributed by atoms with Crippen molar-refractivity contribution in [2.75, 3.05) is 0 Å².